The maximum Gasteiger partial charge on any atom is 0.142 e. The van der Waals surface area contributed by atoms with Crippen LogP contribution in [0.25, 0.3) is 0 Å². The van der Waals surface area contributed by atoms with Gasteiger partial charge in [-0.15, -0.1) is 0 Å². The Morgan fingerprint density at radius 2 is 2.00 bits per heavy atom. The van der Waals surface area contributed by atoms with Gasteiger partial charge in [0.05, 0.1) is 5.02 Å². The minimum absolute atomic E-state index is 0.00878. The molecule has 1 saturated carbocycles. The van der Waals surface area contributed by atoms with E-state index in [0.29, 0.717) is 17.0 Å². The van der Waals surface area contributed by atoms with Crippen LogP contribution in [0.2, 0.25) is 10.0 Å². The van der Waals surface area contributed by atoms with Crippen LogP contribution in [0.3, 0.4) is 0 Å². The molecule has 2 rings (SSSR count). The van der Waals surface area contributed by atoms with E-state index >= 15 is 0 Å². The van der Waals surface area contributed by atoms with Crippen molar-refractivity contribution in [2.24, 2.45) is 0 Å². The van der Waals surface area contributed by atoms with E-state index < -0.39 is 5.82 Å². The quantitative estimate of drug-likeness (QED) is 0.677. The van der Waals surface area contributed by atoms with Gasteiger partial charge in [0.15, 0.2) is 0 Å². The van der Waals surface area contributed by atoms with Gasteiger partial charge in [-0.3, -0.25) is 4.79 Å². The molecule has 1 aliphatic carbocycles. The first-order chi connectivity index (χ1) is 6.59. The van der Waals surface area contributed by atoms with E-state index in [0.717, 1.165) is 6.42 Å². The lowest BCUT2D eigenvalue weighted by molar-refractivity contribution is -0.125. The van der Waals surface area contributed by atoms with Crippen LogP contribution in [0, 0.1) is 5.82 Å². The number of carbonyl (C=O) groups excluding carboxylic acids is 1. The zero-order valence-electron chi connectivity index (χ0n) is 7.19. The Morgan fingerprint density at radius 1 is 1.29 bits per heavy atom. The molecule has 1 unspecified atom stereocenters. The van der Waals surface area contributed by atoms with Gasteiger partial charge >= 0.3 is 0 Å². The van der Waals surface area contributed by atoms with Crippen LogP contribution in [0.1, 0.15) is 24.3 Å². The van der Waals surface area contributed by atoms with Crippen LogP contribution >= 0.6 is 23.2 Å². The first-order valence-electron chi connectivity index (χ1n) is 4.26. The summed E-state index contributed by atoms with van der Waals surface area (Å²) in [5.41, 5.74) is 0.560. The van der Waals surface area contributed by atoms with Gasteiger partial charge in [-0.2, -0.15) is 0 Å². The molecule has 0 bridgehead atoms. The first kappa shape index (κ1) is 9.94. The van der Waals surface area contributed by atoms with Gasteiger partial charge in [0, 0.05) is 17.4 Å². The van der Waals surface area contributed by atoms with Crippen molar-refractivity contribution in [2.45, 2.75) is 18.8 Å². The fraction of sp³-hybridized carbons (Fsp3) is 0.300. The molecule has 0 aliphatic heterocycles. The number of halogens is 3. The molecule has 0 amide bonds. The minimum Gasteiger partial charge on any atom is -0.299 e. The zero-order chi connectivity index (χ0) is 10.3. The summed E-state index contributed by atoms with van der Waals surface area (Å²) >= 11 is 11.4. The van der Waals surface area contributed by atoms with Crippen LogP contribution in [0.4, 0.5) is 4.39 Å². The molecule has 1 nitrogen and oxygen atoms in total. The first-order valence-corrected chi connectivity index (χ1v) is 5.02. The van der Waals surface area contributed by atoms with Crippen molar-refractivity contribution in [1.82, 2.24) is 0 Å². The largest absolute Gasteiger partial charge is 0.299 e. The molecule has 1 aliphatic rings. The van der Waals surface area contributed by atoms with E-state index in [-0.39, 0.29) is 16.7 Å². The Bertz CT molecular complexity index is 403. The van der Waals surface area contributed by atoms with Crippen LogP contribution in [-0.2, 0) is 4.79 Å². The maximum atomic E-state index is 13.1. The number of hydrogen-bond acceptors (Lipinski definition) is 1. The Kier molecular flexibility index (Phi) is 2.50. The topological polar surface area (TPSA) is 17.1 Å². The smallest absolute Gasteiger partial charge is 0.142 e. The Balaban J connectivity index is 2.43. The van der Waals surface area contributed by atoms with Gasteiger partial charge < -0.3 is 0 Å². The Hall–Kier alpha value is -0.600. The van der Waals surface area contributed by atoms with Gasteiger partial charge in [-0.1, -0.05) is 23.2 Å². The van der Waals surface area contributed by atoms with Crippen molar-refractivity contribution >= 4 is 29.0 Å². The third-order valence-corrected chi connectivity index (χ3v) is 3.10. The van der Waals surface area contributed by atoms with Crippen molar-refractivity contribution < 1.29 is 9.18 Å². The third-order valence-electron chi connectivity index (χ3n) is 2.48. The molecule has 14 heavy (non-hydrogen) atoms. The van der Waals surface area contributed by atoms with E-state index in [1.165, 1.54) is 12.1 Å². The summed E-state index contributed by atoms with van der Waals surface area (Å²) < 4.78 is 13.1. The van der Waals surface area contributed by atoms with E-state index in [2.05, 4.69) is 0 Å². The predicted molar refractivity (Wildman–Crippen MR) is 53.4 cm³/mol. The zero-order valence-corrected chi connectivity index (χ0v) is 8.70. The highest BCUT2D eigenvalue weighted by atomic mass is 35.5. The highest BCUT2D eigenvalue weighted by Gasteiger charge is 2.31. The maximum absolute atomic E-state index is 13.1. The monoisotopic (exact) mass is 232 g/mol. The van der Waals surface area contributed by atoms with Crippen molar-refractivity contribution in [3.8, 4) is 0 Å². The molecular formula is C10H7Cl2FO. The number of benzene rings is 1. The number of Topliss-reactive ketones (excluding diaryl/α,β-unsaturated/α-hetero) is 1. The van der Waals surface area contributed by atoms with Crippen molar-refractivity contribution in [3.05, 3.63) is 33.6 Å². The normalized spacial score (nSPS) is 20.8. The van der Waals surface area contributed by atoms with Gasteiger partial charge in [-0.05, 0) is 24.1 Å². The lowest BCUT2D eigenvalue weighted by Crippen LogP contribution is -2.23. The van der Waals surface area contributed by atoms with Gasteiger partial charge in [0.2, 0.25) is 0 Å². The molecule has 1 aromatic carbocycles. The van der Waals surface area contributed by atoms with Crippen LogP contribution in [0.15, 0.2) is 12.1 Å². The van der Waals surface area contributed by atoms with E-state index in [9.17, 15) is 9.18 Å². The van der Waals surface area contributed by atoms with E-state index in [1.807, 2.05) is 0 Å². The van der Waals surface area contributed by atoms with Crippen molar-refractivity contribution in [2.75, 3.05) is 0 Å². The standard InChI is InChI=1S/C10H7Cl2FO/c11-7-4-8(12)9(13)3-6(7)5-1-2-10(5)14/h3-5H,1-2H2. The Labute approximate surface area is 90.8 Å². The fourth-order valence-corrected chi connectivity index (χ4v) is 2.06. The number of hydrogen-bond donors (Lipinski definition) is 0. The molecule has 0 N–H and O–H groups in total. The van der Waals surface area contributed by atoms with Gasteiger partial charge in [0.25, 0.3) is 0 Å². The third kappa shape index (κ3) is 1.53. The molecule has 4 heteroatoms. The average Bonchev–Trinajstić information content (AvgIpc) is 2.12. The van der Waals surface area contributed by atoms with Crippen molar-refractivity contribution in [3.63, 3.8) is 0 Å². The fourth-order valence-electron chi connectivity index (χ4n) is 1.54. The molecule has 1 atom stereocenters. The summed E-state index contributed by atoms with van der Waals surface area (Å²) in [7, 11) is 0. The SMILES string of the molecule is O=C1CCC1c1cc(F)c(Cl)cc1Cl. The second-order valence-corrected chi connectivity index (χ2v) is 4.16. The van der Waals surface area contributed by atoms with Gasteiger partial charge in [0.1, 0.15) is 11.6 Å². The average molecular weight is 233 g/mol. The summed E-state index contributed by atoms with van der Waals surface area (Å²) in [6, 6.07) is 2.60. The second-order valence-electron chi connectivity index (χ2n) is 3.35. The Morgan fingerprint density at radius 3 is 2.50 bits per heavy atom. The van der Waals surface area contributed by atoms with Crippen LogP contribution < -0.4 is 0 Å². The summed E-state index contributed by atoms with van der Waals surface area (Å²) in [6.45, 7) is 0. The molecule has 0 aromatic heterocycles. The molecule has 0 radical (unpaired) electrons. The van der Waals surface area contributed by atoms with E-state index in [1.54, 1.807) is 0 Å². The summed E-state index contributed by atoms with van der Waals surface area (Å²) in [5, 5.41) is 0.361. The molecule has 1 fully saturated rings. The minimum atomic E-state index is -0.522. The molecule has 0 spiro atoms. The molecule has 0 saturated heterocycles. The highest BCUT2D eigenvalue weighted by Crippen LogP contribution is 2.38. The van der Waals surface area contributed by atoms with Crippen LogP contribution in [0.5, 0.6) is 0 Å². The number of carbonyl (C=O) groups is 1. The lowest BCUT2D eigenvalue weighted by Gasteiger charge is -2.25. The van der Waals surface area contributed by atoms with E-state index in [4.69, 9.17) is 23.2 Å². The summed E-state index contributed by atoms with van der Waals surface area (Å²) in [6.07, 6.45) is 1.31. The number of ketones is 1. The summed E-state index contributed by atoms with van der Waals surface area (Å²) in [4.78, 5) is 11.2. The number of rotatable bonds is 1. The molecular weight excluding hydrogens is 226 g/mol. The van der Waals surface area contributed by atoms with Gasteiger partial charge in [-0.25, -0.2) is 4.39 Å². The highest BCUT2D eigenvalue weighted by molar-refractivity contribution is 6.35. The summed E-state index contributed by atoms with van der Waals surface area (Å²) in [5.74, 6) is -0.631. The molecule has 74 valence electrons. The van der Waals surface area contributed by atoms with Crippen LogP contribution in [-0.4, -0.2) is 5.78 Å². The predicted octanol–water partition coefficient (Wildman–Crippen LogP) is 3.58. The molecule has 0 heterocycles. The lowest BCUT2D eigenvalue weighted by atomic mass is 9.78. The molecule has 1 aromatic rings. The van der Waals surface area contributed by atoms with Crippen molar-refractivity contribution in [1.29, 1.82) is 0 Å². The second kappa shape index (κ2) is 3.52.